The maximum Gasteiger partial charge on any atom is 0.153 e. The second kappa shape index (κ2) is 5.24. The first kappa shape index (κ1) is 12.5. The number of benzene rings is 2. The molecule has 1 atom stereocenters. The predicted octanol–water partition coefficient (Wildman–Crippen LogP) is 4.74. The molecule has 0 spiro atoms. The maximum atomic E-state index is 2.34. The summed E-state index contributed by atoms with van der Waals surface area (Å²) in [7, 11) is 0. The Labute approximate surface area is 116 Å². The summed E-state index contributed by atoms with van der Waals surface area (Å²) in [4.78, 5) is 0. The first-order chi connectivity index (χ1) is 9.31. The Morgan fingerprint density at radius 1 is 1.00 bits per heavy atom. The second-order valence-electron chi connectivity index (χ2n) is 5.74. The summed E-state index contributed by atoms with van der Waals surface area (Å²) in [5.74, 6) is 0.594. The van der Waals surface area contributed by atoms with Crippen LogP contribution in [0.25, 0.3) is 0 Å². The normalized spacial score (nSPS) is 18.2. The van der Waals surface area contributed by atoms with Crippen LogP contribution in [0.2, 0.25) is 12.6 Å². The van der Waals surface area contributed by atoms with E-state index in [1.54, 1.807) is 11.1 Å². The van der Waals surface area contributed by atoms with Gasteiger partial charge in [-0.25, -0.2) is 0 Å². The molecule has 19 heavy (non-hydrogen) atoms. The van der Waals surface area contributed by atoms with Gasteiger partial charge in [-0.2, -0.15) is 0 Å². The van der Waals surface area contributed by atoms with Gasteiger partial charge in [0.05, 0.1) is 0 Å². The molecule has 0 fully saturated rings. The SMILES string of the molecule is CCB1CCc2ccccc2C1c1ccccc1C. The minimum atomic E-state index is 0.594. The van der Waals surface area contributed by atoms with Crippen molar-refractivity contribution in [2.24, 2.45) is 0 Å². The molecule has 0 amide bonds. The molecule has 0 N–H and O–H groups in total. The van der Waals surface area contributed by atoms with Crippen LogP contribution in [-0.4, -0.2) is 6.71 Å². The highest BCUT2D eigenvalue weighted by Gasteiger charge is 2.32. The summed E-state index contributed by atoms with van der Waals surface area (Å²) in [5, 5.41) is 0. The van der Waals surface area contributed by atoms with Crippen LogP contribution >= 0.6 is 0 Å². The van der Waals surface area contributed by atoms with Crippen LogP contribution < -0.4 is 0 Å². The molecule has 0 saturated heterocycles. The van der Waals surface area contributed by atoms with Gasteiger partial charge in [0.15, 0.2) is 6.71 Å². The van der Waals surface area contributed by atoms with Crippen molar-refractivity contribution in [2.75, 3.05) is 0 Å². The first-order valence-corrected chi connectivity index (χ1v) is 7.44. The van der Waals surface area contributed by atoms with Crippen LogP contribution in [0.3, 0.4) is 0 Å². The van der Waals surface area contributed by atoms with E-state index in [-0.39, 0.29) is 0 Å². The lowest BCUT2D eigenvalue weighted by molar-refractivity contribution is 0.924. The molecule has 2 aromatic carbocycles. The van der Waals surface area contributed by atoms with Gasteiger partial charge in [-0.3, -0.25) is 0 Å². The molecule has 0 nitrogen and oxygen atoms in total. The fourth-order valence-electron chi connectivity index (χ4n) is 3.62. The van der Waals surface area contributed by atoms with E-state index in [9.17, 15) is 0 Å². The van der Waals surface area contributed by atoms with Crippen molar-refractivity contribution in [1.29, 1.82) is 0 Å². The molecule has 0 radical (unpaired) electrons. The van der Waals surface area contributed by atoms with Gasteiger partial charge in [0.25, 0.3) is 0 Å². The summed E-state index contributed by atoms with van der Waals surface area (Å²) in [6, 6.07) is 17.9. The molecule has 1 unspecified atom stereocenters. The molecular formula is C18H21B. The molecule has 96 valence electrons. The van der Waals surface area contributed by atoms with E-state index < -0.39 is 0 Å². The smallest absolute Gasteiger partial charge is 0.0762 e. The third-order valence-corrected chi connectivity index (χ3v) is 4.69. The highest BCUT2D eigenvalue weighted by molar-refractivity contribution is 6.61. The first-order valence-electron chi connectivity index (χ1n) is 7.44. The summed E-state index contributed by atoms with van der Waals surface area (Å²) in [6.45, 7) is 5.37. The van der Waals surface area contributed by atoms with Gasteiger partial charge in [-0.15, -0.1) is 0 Å². The number of rotatable bonds is 2. The summed E-state index contributed by atoms with van der Waals surface area (Å²) in [6.07, 6.45) is 3.84. The van der Waals surface area contributed by atoms with Crippen molar-refractivity contribution in [2.45, 2.75) is 38.7 Å². The van der Waals surface area contributed by atoms with Crippen molar-refractivity contribution < 1.29 is 0 Å². The van der Waals surface area contributed by atoms with E-state index >= 15 is 0 Å². The van der Waals surface area contributed by atoms with Crippen LogP contribution in [0.5, 0.6) is 0 Å². The number of fused-ring (bicyclic) bond motifs is 1. The van der Waals surface area contributed by atoms with Crippen LogP contribution in [0, 0.1) is 6.92 Å². The molecule has 0 bridgehead atoms. The van der Waals surface area contributed by atoms with Gasteiger partial charge >= 0.3 is 0 Å². The molecule has 1 heteroatoms. The molecule has 1 aliphatic rings. The highest BCUT2D eigenvalue weighted by atomic mass is 14.2. The van der Waals surface area contributed by atoms with Crippen LogP contribution in [0.15, 0.2) is 48.5 Å². The lowest BCUT2D eigenvalue weighted by Crippen LogP contribution is -2.30. The third-order valence-electron chi connectivity index (χ3n) is 4.69. The predicted molar refractivity (Wildman–Crippen MR) is 84.2 cm³/mol. The molecule has 1 heterocycles. The highest BCUT2D eigenvalue weighted by Crippen LogP contribution is 2.38. The topological polar surface area (TPSA) is 0 Å². The molecule has 0 saturated carbocycles. The molecule has 0 aliphatic carbocycles. The van der Waals surface area contributed by atoms with Crippen LogP contribution in [0.1, 0.15) is 35.0 Å². The molecule has 1 aliphatic heterocycles. The standard InChI is InChI=1S/C18H21B/c1-3-19-13-12-15-9-5-7-11-17(15)18(19)16-10-6-4-8-14(16)2/h4-11,18H,3,12-13H2,1-2H3. The largest absolute Gasteiger partial charge is 0.153 e. The minimum absolute atomic E-state index is 0.594. The average Bonchev–Trinajstić information content (AvgIpc) is 2.47. The Balaban J connectivity index is 2.13. The average molecular weight is 248 g/mol. The van der Waals surface area contributed by atoms with Gasteiger partial charge in [0.1, 0.15) is 0 Å². The molecule has 2 aromatic rings. The van der Waals surface area contributed by atoms with E-state index in [4.69, 9.17) is 0 Å². The van der Waals surface area contributed by atoms with E-state index in [2.05, 4.69) is 62.4 Å². The number of hydrogen-bond acceptors (Lipinski definition) is 0. The minimum Gasteiger partial charge on any atom is -0.0762 e. The lowest BCUT2D eigenvalue weighted by atomic mass is 9.32. The maximum absolute atomic E-state index is 2.34. The monoisotopic (exact) mass is 248 g/mol. The Bertz CT molecular complexity index is 573. The van der Waals surface area contributed by atoms with Gasteiger partial charge in [0, 0.05) is 0 Å². The van der Waals surface area contributed by atoms with Gasteiger partial charge in [-0.05, 0) is 41.4 Å². The van der Waals surface area contributed by atoms with Crippen molar-refractivity contribution in [3.8, 4) is 0 Å². The number of hydrogen-bond donors (Lipinski definition) is 0. The third kappa shape index (κ3) is 2.23. The van der Waals surface area contributed by atoms with Gasteiger partial charge in [-0.1, -0.05) is 68.1 Å². The fraction of sp³-hybridized carbons (Fsp3) is 0.333. The Hall–Kier alpha value is -1.50. The van der Waals surface area contributed by atoms with Crippen molar-refractivity contribution in [3.63, 3.8) is 0 Å². The van der Waals surface area contributed by atoms with E-state index in [1.165, 1.54) is 30.2 Å². The summed E-state index contributed by atoms with van der Waals surface area (Å²) in [5.41, 5.74) is 6.08. The zero-order valence-corrected chi connectivity index (χ0v) is 11.9. The van der Waals surface area contributed by atoms with Crippen molar-refractivity contribution in [3.05, 3.63) is 70.8 Å². The Kier molecular flexibility index (Phi) is 3.46. The van der Waals surface area contributed by atoms with Gasteiger partial charge < -0.3 is 0 Å². The van der Waals surface area contributed by atoms with Crippen LogP contribution in [0.4, 0.5) is 0 Å². The second-order valence-corrected chi connectivity index (χ2v) is 5.74. The van der Waals surface area contributed by atoms with E-state index in [0.717, 1.165) is 6.71 Å². The van der Waals surface area contributed by atoms with Crippen LogP contribution in [-0.2, 0) is 6.42 Å². The molecule has 0 aromatic heterocycles. The fourth-order valence-corrected chi connectivity index (χ4v) is 3.62. The summed E-state index contributed by atoms with van der Waals surface area (Å²) < 4.78 is 0. The van der Waals surface area contributed by atoms with E-state index in [0.29, 0.717) is 5.82 Å². The van der Waals surface area contributed by atoms with Crippen molar-refractivity contribution >= 4 is 6.71 Å². The van der Waals surface area contributed by atoms with Gasteiger partial charge in [0.2, 0.25) is 0 Å². The zero-order chi connectivity index (χ0) is 13.2. The zero-order valence-electron chi connectivity index (χ0n) is 11.9. The number of aryl methyl sites for hydroxylation is 2. The quantitative estimate of drug-likeness (QED) is 0.673. The Morgan fingerprint density at radius 2 is 1.68 bits per heavy atom. The molecular weight excluding hydrogens is 227 g/mol. The van der Waals surface area contributed by atoms with Crippen molar-refractivity contribution in [1.82, 2.24) is 0 Å². The van der Waals surface area contributed by atoms with E-state index in [1.807, 2.05) is 0 Å². The lowest BCUT2D eigenvalue weighted by Gasteiger charge is -2.32. The Morgan fingerprint density at radius 3 is 2.42 bits per heavy atom. The summed E-state index contributed by atoms with van der Waals surface area (Å²) >= 11 is 0. The molecule has 3 rings (SSSR count).